The van der Waals surface area contributed by atoms with E-state index < -0.39 is 23.6 Å². The van der Waals surface area contributed by atoms with Crippen LogP contribution in [0.1, 0.15) is 81.6 Å². The molecule has 2 amide bonds. The molecule has 2 bridgehead atoms. The second kappa shape index (κ2) is 11.9. The Balaban J connectivity index is 1.31. The third kappa shape index (κ3) is 6.25. The largest absolute Gasteiger partial charge is 0.496 e. The molecule has 3 N–H and O–H groups in total. The van der Waals surface area contributed by atoms with Gasteiger partial charge in [-0.1, -0.05) is 32.9 Å². The highest BCUT2D eigenvalue weighted by atomic mass is 19.1. The van der Waals surface area contributed by atoms with Gasteiger partial charge in [0.15, 0.2) is 11.6 Å². The van der Waals surface area contributed by atoms with Gasteiger partial charge in [-0.2, -0.15) is 0 Å². The second-order valence-electron chi connectivity index (χ2n) is 13.1. The van der Waals surface area contributed by atoms with Gasteiger partial charge in [-0.3, -0.25) is 14.4 Å². The fourth-order valence-corrected chi connectivity index (χ4v) is 6.97. The third-order valence-electron chi connectivity index (χ3n) is 9.33. The monoisotopic (exact) mass is 580 g/mol. The van der Waals surface area contributed by atoms with E-state index in [9.17, 15) is 23.9 Å². The molecule has 0 heterocycles. The van der Waals surface area contributed by atoms with Crippen LogP contribution in [0.2, 0.25) is 0 Å². The molecule has 4 unspecified atom stereocenters. The molecule has 42 heavy (non-hydrogen) atoms. The van der Waals surface area contributed by atoms with E-state index in [0.29, 0.717) is 25.7 Å². The number of nitrogens with one attached hydrogen (secondary N) is 2. The topological polar surface area (TPSA) is 114 Å². The number of anilines is 1. The van der Waals surface area contributed by atoms with Crippen LogP contribution in [0.3, 0.4) is 0 Å². The lowest BCUT2D eigenvalue weighted by Crippen LogP contribution is -2.48. The summed E-state index contributed by atoms with van der Waals surface area (Å²) < 4.78 is 26.2. The Morgan fingerprint density at radius 3 is 2.33 bits per heavy atom. The van der Waals surface area contributed by atoms with Gasteiger partial charge in [-0.05, 0) is 86.0 Å². The van der Waals surface area contributed by atoms with Crippen molar-refractivity contribution in [1.29, 1.82) is 0 Å². The van der Waals surface area contributed by atoms with E-state index in [4.69, 9.17) is 9.47 Å². The molecule has 4 atom stereocenters. The van der Waals surface area contributed by atoms with Crippen LogP contribution >= 0.6 is 0 Å². The number of aliphatic carboxylic acids is 1. The second-order valence-corrected chi connectivity index (χ2v) is 13.1. The SMILES string of the molecule is COc1cc(F)c(OC2CCC(C(=O)O)CC2)cc1C(=O)NC1C2CCC(C2)C1C(=O)Nc1cccc(C(C)(C)C)c1. The maximum atomic E-state index is 15.0. The van der Waals surface area contributed by atoms with Crippen LogP contribution in [0, 0.1) is 29.5 Å². The zero-order valence-electron chi connectivity index (χ0n) is 24.7. The number of carbonyl (C=O) groups is 3. The van der Waals surface area contributed by atoms with Crippen LogP contribution in [0.4, 0.5) is 10.1 Å². The molecule has 0 aromatic heterocycles. The normalized spacial score (nSPS) is 26.9. The molecule has 5 rings (SSSR count). The predicted molar refractivity (Wildman–Crippen MR) is 156 cm³/mol. The summed E-state index contributed by atoms with van der Waals surface area (Å²) in [6.45, 7) is 6.37. The molecule has 0 spiro atoms. The Morgan fingerprint density at radius 2 is 1.67 bits per heavy atom. The summed E-state index contributed by atoms with van der Waals surface area (Å²) >= 11 is 0. The van der Waals surface area contributed by atoms with Crippen molar-refractivity contribution in [2.45, 2.75) is 83.3 Å². The maximum Gasteiger partial charge on any atom is 0.306 e. The van der Waals surface area contributed by atoms with Crippen molar-refractivity contribution >= 4 is 23.5 Å². The third-order valence-corrected chi connectivity index (χ3v) is 9.33. The molecule has 0 saturated heterocycles. The molecule has 2 aromatic carbocycles. The van der Waals surface area contributed by atoms with Gasteiger partial charge in [-0.15, -0.1) is 0 Å². The smallest absolute Gasteiger partial charge is 0.306 e. The van der Waals surface area contributed by atoms with E-state index in [1.54, 1.807) is 0 Å². The van der Waals surface area contributed by atoms with Crippen LogP contribution in [0.15, 0.2) is 36.4 Å². The minimum Gasteiger partial charge on any atom is -0.496 e. The fraction of sp³-hybridized carbons (Fsp3) is 0.545. The standard InChI is InChI=1S/C33H41FN2O6/c1-33(2,3)21-6-5-7-22(15-21)35-31(38)28-19-8-9-20(14-19)29(28)36-30(37)24-16-27(25(34)17-26(24)41-4)42-23-12-10-18(11-13-23)32(39)40/h5-7,15-20,23,28-29H,8-14H2,1-4H3,(H,35,38)(H,36,37)(H,39,40). The summed E-state index contributed by atoms with van der Waals surface area (Å²) in [6, 6.07) is 10.0. The zero-order valence-corrected chi connectivity index (χ0v) is 24.7. The van der Waals surface area contributed by atoms with Gasteiger partial charge in [0.05, 0.1) is 30.6 Å². The van der Waals surface area contributed by atoms with E-state index >= 15 is 0 Å². The molecule has 8 nitrogen and oxygen atoms in total. The lowest BCUT2D eigenvalue weighted by Gasteiger charge is -2.31. The van der Waals surface area contributed by atoms with Gasteiger partial charge in [0.1, 0.15) is 5.75 Å². The Labute approximate surface area is 246 Å². The number of hydrogen-bond donors (Lipinski definition) is 3. The number of hydrogen-bond acceptors (Lipinski definition) is 5. The molecule has 9 heteroatoms. The van der Waals surface area contributed by atoms with Crippen molar-refractivity contribution in [3.05, 3.63) is 53.3 Å². The first-order valence-corrected chi connectivity index (χ1v) is 14.9. The number of rotatable bonds is 8. The molecule has 226 valence electrons. The van der Waals surface area contributed by atoms with E-state index in [0.717, 1.165) is 36.6 Å². The highest BCUT2D eigenvalue weighted by molar-refractivity contribution is 5.99. The molecular weight excluding hydrogens is 539 g/mol. The summed E-state index contributed by atoms with van der Waals surface area (Å²) in [5.74, 6) is -2.45. The molecule has 3 saturated carbocycles. The highest BCUT2D eigenvalue weighted by Gasteiger charge is 2.51. The Bertz CT molecular complexity index is 1350. The first-order valence-electron chi connectivity index (χ1n) is 14.9. The van der Waals surface area contributed by atoms with Gasteiger partial charge in [-0.25, -0.2) is 4.39 Å². The average molecular weight is 581 g/mol. The van der Waals surface area contributed by atoms with Crippen molar-refractivity contribution < 1.29 is 33.4 Å². The summed E-state index contributed by atoms with van der Waals surface area (Å²) in [5.41, 5.74) is 1.93. The minimum absolute atomic E-state index is 0.0572. The Kier molecular flexibility index (Phi) is 8.49. The number of amides is 2. The lowest BCUT2D eigenvalue weighted by atomic mass is 9.83. The molecule has 2 aromatic rings. The lowest BCUT2D eigenvalue weighted by molar-refractivity contribution is -0.143. The van der Waals surface area contributed by atoms with Crippen molar-refractivity contribution in [1.82, 2.24) is 5.32 Å². The predicted octanol–water partition coefficient (Wildman–Crippen LogP) is 5.94. The van der Waals surface area contributed by atoms with Gasteiger partial charge >= 0.3 is 5.97 Å². The van der Waals surface area contributed by atoms with Crippen molar-refractivity contribution in [3.8, 4) is 11.5 Å². The summed E-state index contributed by atoms with van der Waals surface area (Å²) in [5, 5.41) is 15.4. The molecule has 3 fully saturated rings. The van der Waals surface area contributed by atoms with E-state index in [2.05, 4.69) is 31.4 Å². The molecular formula is C33H41FN2O6. The van der Waals surface area contributed by atoms with E-state index in [-0.39, 0.29) is 58.3 Å². The Hall–Kier alpha value is -3.62. The number of benzene rings is 2. The molecule has 3 aliphatic rings. The van der Waals surface area contributed by atoms with Crippen LogP contribution < -0.4 is 20.1 Å². The first kappa shape index (κ1) is 29.9. The maximum absolute atomic E-state index is 15.0. The van der Waals surface area contributed by atoms with Gasteiger partial charge < -0.3 is 25.2 Å². The Morgan fingerprint density at radius 1 is 0.952 bits per heavy atom. The van der Waals surface area contributed by atoms with E-state index in [1.807, 2.05) is 24.3 Å². The van der Waals surface area contributed by atoms with Crippen molar-refractivity contribution in [3.63, 3.8) is 0 Å². The molecule has 0 radical (unpaired) electrons. The van der Waals surface area contributed by atoms with Crippen LogP contribution in [-0.2, 0) is 15.0 Å². The van der Waals surface area contributed by atoms with Crippen molar-refractivity contribution in [2.75, 3.05) is 12.4 Å². The quantitative estimate of drug-likeness (QED) is 0.356. The van der Waals surface area contributed by atoms with Crippen molar-refractivity contribution in [2.24, 2.45) is 23.7 Å². The average Bonchev–Trinajstić information content (AvgIpc) is 3.56. The number of carbonyl (C=O) groups excluding carboxylic acids is 2. The van der Waals surface area contributed by atoms with Crippen LogP contribution in [-0.4, -0.2) is 42.1 Å². The van der Waals surface area contributed by atoms with Gasteiger partial charge in [0, 0.05) is 17.8 Å². The summed E-state index contributed by atoms with van der Waals surface area (Å²) in [7, 11) is 1.37. The number of fused-ring (bicyclic) bond motifs is 2. The number of carboxylic acid groups (broad SMARTS) is 1. The highest BCUT2D eigenvalue weighted by Crippen LogP contribution is 2.49. The van der Waals surface area contributed by atoms with Gasteiger partial charge in [0.2, 0.25) is 5.91 Å². The van der Waals surface area contributed by atoms with Crippen LogP contribution in [0.25, 0.3) is 0 Å². The van der Waals surface area contributed by atoms with E-state index in [1.165, 1.54) is 13.2 Å². The number of halogens is 1. The zero-order chi connectivity index (χ0) is 30.2. The number of carboxylic acids is 1. The minimum atomic E-state index is -0.825. The number of methoxy groups -OCH3 is 1. The number of ether oxygens (including phenoxy) is 2. The first-order chi connectivity index (χ1) is 19.9. The van der Waals surface area contributed by atoms with Gasteiger partial charge in [0.25, 0.3) is 5.91 Å². The van der Waals surface area contributed by atoms with Crippen LogP contribution in [0.5, 0.6) is 11.5 Å². The fourth-order valence-electron chi connectivity index (χ4n) is 6.97. The molecule has 0 aliphatic heterocycles. The summed E-state index contributed by atoms with van der Waals surface area (Å²) in [6.07, 6.45) is 4.31. The molecule has 3 aliphatic carbocycles. The summed E-state index contributed by atoms with van der Waals surface area (Å²) in [4.78, 5) is 38.5.